The van der Waals surface area contributed by atoms with E-state index in [1.807, 2.05) is 0 Å². The van der Waals surface area contributed by atoms with Gasteiger partial charge in [0.2, 0.25) is 0 Å². The highest BCUT2D eigenvalue weighted by atomic mass is 15.0. The maximum Gasteiger partial charge on any atom is 0.164 e. The molecule has 0 aliphatic heterocycles. The summed E-state index contributed by atoms with van der Waals surface area (Å²) in [6.45, 7) is 0. The third-order valence-corrected chi connectivity index (χ3v) is 5.80. The third kappa shape index (κ3) is 4.35. The lowest BCUT2D eigenvalue weighted by Gasteiger charge is -2.23. The van der Waals surface area contributed by atoms with Gasteiger partial charge in [0, 0.05) is 33.4 Å². The summed E-state index contributed by atoms with van der Waals surface area (Å²) < 4.78 is 0. The number of aromatic nitrogens is 18. The molecule has 0 spiro atoms. The molecule has 7 rings (SSSR count). The van der Waals surface area contributed by atoms with Crippen molar-refractivity contribution in [2.24, 2.45) is 0 Å². The Morgan fingerprint density at radius 2 is 0.310 bits per heavy atom. The van der Waals surface area contributed by atoms with Crippen LogP contribution in [0.2, 0.25) is 0 Å². The maximum absolute atomic E-state index is 4.48. The standard InChI is InChI=1S/C24H12N18/c1-25-2-32-19(31-1)13-14(20-33-3-26-4-34-20)16(22-37-7-28-8-38-22)18(24-41-11-30-12-42-24)17(23-39-9-29-10-40-23)15(13)21-35-5-27-6-36-21/h1-12H. The van der Waals surface area contributed by atoms with Gasteiger partial charge in [-0.25, -0.2) is 89.7 Å². The molecule has 7 aromatic rings. The van der Waals surface area contributed by atoms with Gasteiger partial charge in [0.25, 0.3) is 0 Å². The quantitative estimate of drug-likeness (QED) is 0.277. The predicted octanol–water partition coefficient (Wildman–Crippen LogP) is 0.799. The molecule has 0 aliphatic carbocycles. The molecule has 42 heavy (non-hydrogen) atoms. The second-order valence-electron chi connectivity index (χ2n) is 8.02. The summed E-state index contributed by atoms with van der Waals surface area (Å²) in [5.74, 6) is 1.44. The Hall–Kier alpha value is -6.72. The van der Waals surface area contributed by atoms with Gasteiger partial charge in [0.05, 0.1) is 0 Å². The zero-order valence-electron chi connectivity index (χ0n) is 21.0. The lowest BCUT2D eigenvalue weighted by atomic mass is 9.83. The van der Waals surface area contributed by atoms with Gasteiger partial charge in [-0.15, -0.1) is 0 Å². The van der Waals surface area contributed by atoms with Crippen LogP contribution in [0, 0.1) is 0 Å². The van der Waals surface area contributed by atoms with Crippen LogP contribution in [0.15, 0.2) is 75.9 Å². The summed E-state index contributed by atoms with van der Waals surface area (Å²) in [6.07, 6.45) is 16.4. The summed E-state index contributed by atoms with van der Waals surface area (Å²) in [5, 5.41) is 0. The normalized spacial score (nSPS) is 10.9. The van der Waals surface area contributed by atoms with Gasteiger partial charge in [-0.2, -0.15) is 0 Å². The zero-order valence-corrected chi connectivity index (χ0v) is 21.0. The molecular weight excluding hydrogens is 540 g/mol. The van der Waals surface area contributed by atoms with Crippen LogP contribution < -0.4 is 0 Å². The largest absolute Gasteiger partial charge is 0.225 e. The maximum atomic E-state index is 4.48. The van der Waals surface area contributed by atoms with E-state index in [0.717, 1.165) is 0 Å². The van der Waals surface area contributed by atoms with Crippen LogP contribution >= 0.6 is 0 Å². The molecule has 0 N–H and O–H groups in total. The highest BCUT2D eigenvalue weighted by Crippen LogP contribution is 2.51. The molecule has 0 atom stereocenters. The van der Waals surface area contributed by atoms with Gasteiger partial charge in [-0.1, -0.05) is 0 Å². The fourth-order valence-electron chi connectivity index (χ4n) is 4.30. The van der Waals surface area contributed by atoms with E-state index in [4.69, 9.17) is 0 Å². The smallest absolute Gasteiger partial charge is 0.164 e. The molecule has 0 fully saturated rings. The second kappa shape index (κ2) is 10.8. The fraction of sp³-hybridized carbons (Fsp3) is 0. The molecule has 198 valence electrons. The van der Waals surface area contributed by atoms with Crippen LogP contribution in [0.5, 0.6) is 0 Å². The van der Waals surface area contributed by atoms with Crippen molar-refractivity contribution in [1.29, 1.82) is 0 Å². The number of hydrogen-bond acceptors (Lipinski definition) is 18. The van der Waals surface area contributed by atoms with Crippen molar-refractivity contribution in [3.05, 3.63) is 75.9 Å². The molecule has 0 bridgehead atoms. The molecule has 18 nitrogen and oxygen atoms in total. The Morgan fingerprint density at radius 3 is 0.429 bits per heavy atom. The molecule has 0 aliphatic rings. The minimum Gasteiger partial charge on any atom is -0.225 e. The Labute approximate surface area is 234 Å². The fourth-order valence-corrected chi connectivity index (χ4v) is 4.30. The van der Waals surface area contributed by atoms with Gasteiger partial charge in [-0.3, -0.25) is 0 Å². The van der Waals surface area contributed by atoms with Crippen molar-refractivity contribution in [1.82, 2.24) is 89.7 Å². The number of rotatable bonds is 6. The van der Waals surface area contributed by atoms with Crippen LogP contribution in [0.25, 0.3) is 68.3 Å². The van der Waals surface area contributed by atoms with E-state index in [1.54, 1.807) is 0 Å². The van der Waals surface area contributed by atoms with Crippen molar-refractivity contribution in [2.75, 3.05) is 0 Å². The minimum atomic E-state index is 0.239. The van der Waals surface area contributed by atoms with Gasteiger partial charge >= 0.3 is 0 Å². The van der Waals surface area contributed by atoms with Crippen LogP contribution in [0.4, 0.5) is 0 Å². The van der Waals surface area contributed by atoms with Gasteiger partial charge in [-0.05, 0) is 0 Å². The number of benzene rings is 1. The zero-order chi connectivity index (χ0) is 28.1. The Morgan fingerprint density at radius 1 is 0.190 bits per heavy atom. The van der Waals surface area contributed by atoms with E-state index < -0.39 is 0 Å². The number of nitrogens with zero attached hydrogens (tertiary/aromatic N) is 18. The first-order chi connectivity index (χ1) is 20.9. The van der Waals surface area contributed by atoms with Crippen molar-refractivity contribution in [3.63, 3.8) is 0 Å². The van der Waals surface area contributed by atoms with Crippen LogP contribution in [-0.4, -0.2) is 89.7 Å². The summed E-state index contributed by atoms with van der Waals surface area (Å²) in [7, 11) is 0. The van der Waals surface area contributed by atoms with E-state index in [-0.39, 0.29) is 34.9 Å². The molecule has 18 heteroatoms. The molecule has 0 radical (unpaired) electrons. The third-order valence-electron chi connectivity index (χ3n) is 5.80. The molecule has 0 amide bonds. The number of hydrogen-bond donors (Lipinski definition) is 0. The lowest BCUT2D eigenvalue weighted by molar-refractivity contribution is 1.02. The van der Waals surface area contributed by atoms with E-state index in [1.165, 1.54) is 75.9 Å². The predicted molar refractivity (Wildman–Crippen MR) is 139 cm³/mol. The lowest BCUT2D eigenvalue weighted by Crippen LogP contribution is -2.09. The first kappa shape index (κ1) is 24.3. The molecule has 0 saturated carbocycles. The van der Waals surface area contributed by atoms with E-state index in [2.05, 4.69) is 89.7 Å². The van der Waals surface area contributed by atoms with E-state index in [9.17, 15) is 0 Å². The Balaban J connectivity index is 1.81. The molecule has 1 aromatic carbocycles. The molecular formula is C24H12N18. The van der Waals surface area contributed by atoms with Gasteiger partial charge < -0.3 is 0 Å². The topological polar surface area (TPSA) is 232 Å². The van der Waals surface area contributed by atoms with E-state index in [0.29, 0.717) is 33.4 Å². The van der Waals surface area contributed by atoms with Crippen LogP contribution in [0.3, 0.4) is 0 Å². The molecule has 0 unspecified atom stereocenters. The van der Waals surface area contributed by atoms with Crippen molar-refractivity contribution in [2.45, 2.75) is 0 Å². The van der Waals surface area contributed by atoms with Crippen molar-refractivity contribution in [3.8, 4) is 68.3 Å². The summed E-state index contributed by atoms with van der Waals surface area (Å²) in [6, 6.07) is 0. The highest BCUT2D eigenvalue weighted by Gasteiger charge is 2.35. The first-order valence-electron chi connectivity index (χ1n) is 11.9. The summed E-state index contributed by atoms with van der Waals surface area (Å²) >= 11 is 0. The summed E-state index contributed by atoms with van der Waals surface area (Å²) in [4.78, 5) is 77.8. The van der Waals surface area contributed by atoms with Crippen molar-refractivity contribution >= 4 is 0 Å². The average Bonchev–Trinajstić information content (AvgIpc) is 3.09. The SMILES string of the molecule is c1ncnc(-c2c(-c3ncncn3)c(-c3ncncn3)c(-c3ncncn3)c(-c3ncncn3)c2-c2ncncn2)n1. The van der Waals surface area contributed by atoms with Crippen LogP contribution in [0.1, 0.15) is 0 Å². The van der Waals surface area contributed by atoms with Crippen molar-refractivity contribution < 1.29 is 0 Å². The molecule has 6 heterocycles. The van der Waals surface area contributed by atoms with Crippen LogP contribution in [-0.2, 0) is 0 Å². The average molecular weight is 552 g/mol. The minimum absolute atomic E-state index is 0.239. The molecule has 6 aromatic heterocycles. The Kier molecular flexibility index (Phi) is 6.26. The highest BCUT2D eigenvalue weighted by molar-refractivity contribution is 6.10. The Bertz CT molecular complexity index is 1550. The van der Waals surface area contributed by atoms with Gasteiger partial charge in [0.1, 0.15) is 75.9 Å². The first-order valence-corrected chi connectivity index (χ1v) is 11.9. The molecule has 0 saturated heterocycles. The monoisotopic (exact) mass is 552 g/mol. The van der Waals surface area contributed by atoms with Gasteiger partial charge in [0.15, 0.2) is 34.9 Å². The second-order valence-corrected chi connectivity index (χ2v) is 8.02. The van der Waals surface area contributed by atoms with E-state index >= 15 is 0 Å². The summed E-state index contributed by atoms with van der Waals surface area (Å²) in [5.41, 5.74) is 2.41.